The first-order chi connectivity index (χ1) is 7.17. The standard InChI is InChI=1S/C11H18N2O2/c1-8(7-14-2)13-9-4-5-10(12)11(6-9)15-3/h4-6,8,13H,7,12H2,1-3H3. The van der Waals surface area contributed by atoms with Crippen molar-refractivity contribution in [3.8, 4) is 5.75 Å². The van der Waals surface area contributed by atoms with E-state index in [0.717, 1.165) is 5.69 Å². The van der Waals surface area contributed by atoms with Crippen molar-refractivity contribution in [2.75, 3.05) is 31.9 Å². The molecule has 0 spiro atoms. The van der Waals surface area contributed by atoms with Crippen molar-refractivity contribution in [3.63, 3.8) is 0 Å². The van der Waals surface area contributed by atoms with E-state index in [9.17, 15) is 0 Å². The Hall–Kier alpha value is -1.42. The lowest BCUT2D eigenvalue weighted by atomic mass is 10.2. The Balaban J connectivity index is 2.69. The van der Waals surface area contributed by atoms with Crippen molar-refractivity contribution in [1.82, 2.24) is 0 Å². The first-order valence-electron chi connectivity index (χ1n) is 4.86. The topological polar surface area (TPSA) is 56.5 Å². The summed E-state index contributed by atoms with van der Waals surface area (Å²) in [7, 11) is 3.29. The molecular weight excluding hydrogens is 192 g/mol. The highest BCUT2D eigenvalue weighted by atomic mass is 16.5. The average molecular weight is 210 g/mol. The van der Waals surface area contributed by atoms with E-state index in [1.807, 2.05) is 25.1 Å². The molecule has 1 atom stereocenters. The van der Waals surface area contributed by atoms with Crippen LogP contribution in [0, 0.1) is 0 Å². The Kier molecular flexibility index (Phi) is 4.24. The van der Waals surface area contributed by atoms with Crippen LogP contribution in [-0.4, -0.2) is 26.9 Å². The van der Waals surface area contributed by atoms with Gasteiger partial charge in [0.15, 0.2) is 0 Å². The van der Waals surface area contributed by atoms with Gasteiger partial charge in [0.1, 0.15) is 5.75 Å². The molecule has 84 valence electrons. The number of nitrogens with two attached hydrogens (primary N) is 1. The van der Waals surface area contributed by atoms with Gasteiger partial charge in [0, 0.05) is 24.9 Å². The van der Waals surface area contributed by atoms with Crippen LogP contribution in [0.25, 0.3) is 0 Å². The van der Waals surface area contributed by atoms with Gasteiger partial charge in [-0.05, 0) is 19.1 Å². The fraction of sp³-hybridized carbons (Fsp3) is 0.455. The van der Waals surface area contributed by atoms with Gasteiger partial charge in [0.2, 0.25) is 0 Å². The van der Waals surface area contributed by atoms with Gasteiger partial charge in [-0.15, -0.1) is 0 Å². The molecule has 1 aromatic rings. The highest BCUT2D eigenvalue weighted by Gasteiger charge is 2.04. The molecule has 0 saturated carbocycles. The molecule has 1 unspecified atom stereocenters. The predicted octanol–water partition coefficient (Wildman–Crippen LogP) is 1.72. The molecule has 3 N–H and O–H groups in total. The van der Waals surface area contributed by atoms with Crippen molar-refractivity contribution in [1.29, 1.82) is 0 Å². The second-order valence-electron chi connectivity index (χ2n) is 3.46. The summed E-state index contributed by atoms with van der Waals surface area (Å²) in [6, 6.07) is 5.87. The smallest absolute Gasteiger partial charge is 0.143 e. The van der Waals surface area contributed by atoms with Crippen LogP contribution in [-0.2, 0) is 4.74 Å². The van der Waals surface area contributed by atoms with Crippen LogP contribution in [0.1, 0.15) is 6.92 Å². The first kappa shape index (κ1) is 11.7. The minimum atomic E-state index is 0.253. The number of hydrogen-bond donors (Lipinski definition) is 2. The Morgan fingerprint density at radius 2 is 2.13 bits per heavy atom. The molecule has 4 heteroatoms. The first-order valence-corrected chi connectivity index (χ1v) is 4.86. The molecule has 1 aromatic carbocycles. The van der Waals surface area contributed by atoms with E-state index in [2.05, 4.69) is 5.32 Å². The summed E-state index contributed by atoms with van der Waals surface area (Å²) in [5.41, 5.74) is 7.33. The van der Waals surface area contributed by atoms with E-state index < -0.39 is 0 Å². The minimum absolute atomic E-state index is 0.253. The number of nitrogens with one attached hydrogen (secondary N) is 1. The van der Waals surface area contributed by atoms with E-state index >= 15 is 0 Å². The maximum atomic E-state index is 5.71. The Morgan fingerprint density at radius 1 is 1.40 bits per heavy atom. The lowest BCUT2D eigenvalue weighted by molar-refractivity contribution is 0.190. The predicted molar refractivity (Wildman–Crippen MR) is 62.4 cm³/mol. The summed E-state index contributed by atoms with van der Waals surface area (Å²) < 4.78 is 10.2. The van der Waals surface area contributed by atoms with Gasteiger partial charge in [-0.1, -0.05) is 0 Å². The lowest BCUT2D eigenvalue weighted by Gasteiger charge is -2.15. The zero-order valence-electron chi connectivity index (χ0n) is 9.41. The third-order valence-corrected chi connectivity index (χ3v) is 2.06. The van der Waals surface area contributed by atoms with E-state index in [1.54, 1.807) is 14.2 Å². The molecule has 0 radical (unpaired) electrons. The van der Waals surface area contributed by atoms with Crippen LogP contribution in [0.3, 0.4) is 0 Å². The van der Waals surface area contributed by atoms with Crippen molar-refractivity contribution in [2.45, 2.75) is 13.0 Å². The Morgan fingerprint density at radius 3 is 2.73 bits per heavy atom. The fourth-order valence-corrected chi connectivity index (χ4v) is 1.38. The molecule has 4 nitrogen and oxygen atoms in total. The van der Waals surface area contributed by atoms with Crippen molar-refractivity contribution in [3.05, 3.63) is 18.2 Å². The van der Waals surface area contributed by atoms with Crippen molar-refractivity contribution < 1.29 is 9.47 Å². The molecule has 0 fully saturated rings. The summed E-state index contributed by atoms with van der Waals surface area (Å²) in [6.45, 7) is 2.71. The van der Waals surface area contributed by atoms with Gasteiger partial charge in [-0.25, -0.2) is 0 Å². The molecule has 0 aliphatic rings. The third kappa shape index (κ3) is 3.32. The van der Waals surface area contributed by atoms with Gasteiger partial charge in [-0.2, -0.15) is 0 Å². The van der Waals surface area contributed by atoms with Crippen LogP contribution < -0.4 is 15.8 Å². The van der Waals surface area contributed by atoms with Crippen molar-refractivity contribution in [2.24, 2.45) is 0 Å². The number of ether oxygens (including phenoxy) is 2. The summed E-state index contributed by atoms with van der Waals surface area (Å²) in [6.07, 6.45) is 0. The minimum Gasteiger partial charge on any atom is -0.495 e. The molecule has 0 aromatic heterocycles. The normalized spacial score (nSPS) is 12.2. The number of anilines is 2. The number of nitrogen functional groups attached to an aromatic ring is 1. The zero-order valence-corrected chi connectivity index (χ0v) is 9.41. The average Bonchev–Trinajstić information content (AvgIpc) is 2.21. The van der Waals surface area contributed by atoms with Crippen molar-refractivity contribution >= 4 is 11.4 Å². The second kappa shape index (κ2) is 5.46. The van der Waals surface area contributed by atoms with Crippen LogP contribution in [0.2, 0.25) is 0 Å². The Labute approximate surface area is 90.4 Å². The Bertz CT molecular complexity index is 315. The maximum Gasteiger partial charge on any atom is 0.143 e. The number of rotatable bonds is 5. The zero-order chi connectivity index (χ0) is 11.3. The maximum absolute atomic E-state index is 5.71. The second-order valence-corrected chi connectivity index (χ2v) is 3.46. The van der Waals surface area contributed by atoms with Gasteiger partial charge >= 0.3 is 0 Å². The number of hydrogen-bond acceptors (Lipinski definition) is 4. The summed E-state index contributed by atoms with van der Waals surface area (Å²) in [5.74, 6) is 0.685. The SMILES string of the molecule is COCC(C)Nc1ccc(N)c(OC)c1. The molecule has 1 rings (SSSR count). The van der Waals surface area contributed by atoms with E-state index in [1.165, 1.54) is 0 Å². The molecule has 0 aliphatic heterocycles. The third-order valence-electron chi connectivity index (χ3n) is 2.06. The molecule has 0 amide bonds. The van der Waals surface area contributed by atoms with Gasteiger partial charge in [-0.3, -0.25) is 0 Å². The largest absolute Gasteiger partial charge is 0.495 e. The highest BCUT2D eigenvalue weighted by molar-refractivity contribution is 5.61. The molecule has 0 aliphatic carbocycles. The molecular formula is C11H18N2O2. The van der Waals surface area contributed by atoms with Crippen LogP contribution in [0.4, 0.5) is 11.4 Å². The molecule has 15 heavy (non-hydrogen) atoms. The van der Waals surface area contributed by atoms with Crippen LogP contribution >= 0.6 is 0 Å². The van der Waals surface area contributed by atoms with Crippen LogP contribution in [0.15, 0.2) is 18.2 Å². The highest BCUT2D eigenvalue weighted by Crippen LogP contribution is 2.25. The van der Waals surface area contributed by atoms with E-state index in [-0.39, 0.29) is 6.04 Å². The summed E-state index contributed by atoms with van der Waals surface area (Å²) >= 11 is 0. The monoisotopic (exact) mass is 210 g/mol. The summed E-state index contributed by atoms with van der Waals surface area (Å²) in [5, 5.41) is 3.28. The molecule has 0 saturated heterocycles. The van der Waals surface area contributed by atoms with Gasteiger partial charge in [0.05, 0.1) is 19.4 Å². The number of benzene rings is 1. The molecule has 0 bridgehead atoms. The fourth-order valence-electron chi connectivity index (χ4n) is 1.38. The lowest BCUT2D eigenvalue weighted by Crippen LogP contribution is -2.20. The quantitative estimate of drug-likeness (QED) is 0.727. The van der Waals surface area contributed by atoms with E-state index in [4.69, 9.17) is 15.2 Å². The van der Waals surface area contributed by atoms with E-state index in [0.29, 0.717) is 18.0 Å². The van der Waals surface area contributed by atoms with Crippen LogP contribution in [0.5, 0.6) is 5.75 Å². The van der Waals surface area contributed by atoms with Gasteiger partial charge in [0.25, 0.3) is 0 Å². The number of methoxy groups -OCH3 is 2. The van der Waals surface area contributed by atoms with Gasteiger partial charge < -0.3 is 20.5 Å². The summed E-state index contributed by atoms with van der Waals surface area (Å²) in [4.78, 5) is 0. The molecule has 0 heterocycles.